The molecule has 0 saturated carbocycles. The number of para-hydroxylation sites is 1. The van der Waals surface area contributed by atoms with Crippen molar-refractivity contribution in [2.75, 3.05) is 17.2 Å². The van der Waals surface area contributed by atoms with E-state index in [0.29, 0.717) is 18.6 Å². The number of rotatable bonds is 5. The van der Waals surface area contributed by atoms with Gasteiger partial charge in [0.05, 0.1) is 18.4 Å². The second-order valence-corrected chi connectivity index (χ2v) is 6.96. The van der Waals surface area contributed by atoms with E-state index in [9.17, 15) is 4.79 Å². The highest BCUT2D eigenvalue weighted by molar-refractivity contribution is 5.92. The SMILES string of the molecule is O=C(CN1C2CCCC1CC2)Nc1ccc(Nc2ccccc2)nc1. The fraction of sp³-hybridized carbons (Fsp3) is 0.400. The van der Waals surface area contributed by atoms with Crippen LogP contribution in [0.25, 0.3) is 0 Å². The molecule has 2 aliphatic heterocycles. The number of amides is 1. The first-order valence-electron chi connectivity index (χ1n) is 9.12. The zero-order chi connectivity index (χ0) is 17.1. The maximum atomic E-state index is 12.4. The summed E-state index contributed by atoms with van der Waals surface area (Å²) in [6, 6.07) is 14.9. The average Bonchev–Trinajstić information content (AvgIpc) is 2.85. The Hall–Kier alpha value is -2.40. The maximum absolute atomic E-state index is 12.4. The lowest BCUT2D eigenvalue weighted by atomic mass is 10.0. The standard InChI is InChI=1S/C20H24N4O/c25-20(14-24-17-7-4-8-18(24)11-10-17)23-16-9-12-19(21-13-16)22-15-5-2-1-3-6-15/h1-3,5-6,9,12-13,17-18H,4,7-8,10-11,14H2,(H,21,22)(H,23,25). The number of hydrogen-bond donors (Lipinski definition) is 2. The Balaban J connectivity index is 1.32. The third-order valence-corrected chi connectivity index (χ3v) is 5.27. The molecular weight excluding hydrogens is 312 g/mol. The number of carbonyl (C=O) groups excluding carboxylic acids is 1. The van der Waals surface area contributed by atoms with Crippen molar-refractivity contribution in [1.82, 2.24) is 9.88 Å². The minimum Gasteiger partial charge on any atom is -0.340 e. The largest absolute Gasteiger partial charge is 0.340 e. The van der Waals surface area contributed by atoms with E-state index in [-0.39, 0.29) is 5.91 Å². The molecule has 2 fully saturated rings. The molecule has 1 aromatic heterocycles. The van der Waals surface area contributed by atoms with E-state index < -0.39 is 0 Å². The van der Waals surface area contributed by atoms with Crippen molar-refractivity contribution < 1.29 is 4.79 Å². The van der Waals surface area contributed by atoms with Crippen molar-refractivity contribution in [3.63, 3.8) is 0 Å². The van der Waals surface area contributed by atoms with Crippen LogP contribution in [0.4, 0.5) is 17.2 Å². The van der Waals surface area contributed by atoms with Crippen LogP contribution in [-0.4, -0.2) is 34.4 Å². The Morgan fingerprint density at radius 3 is 2.44 bits per heavy atom. The summed E-state index contributed by atoms with van der Waals surface area (Å²) in [4.78, 5) is 19.2. The van der Waals surface area contributed by atoms with Crippen LogP contribution in [0.5, 0.6) is 0 Å². The van der Waals surface area contributed by atoms with Gasteiger partial charge < -0.3 is 10.6 Å². The molecular formula is C20H24N4O. The predicted molar refractivity (Wildman–Crippen MR) is 100.0 cm³/mol. The van der Waals surface area contributed by atoms with Crippen molar-refractivity contribution in [3.8, 4) is 0 Å². The summed E-state index contributed by atoms with van der Waals surface area (Å²) in [6.07, 6.45) is 8.00. The number of fused-ring (bicyclic) bond motifs is 2. The van der Waals surface area contributed by atoms with Gasteiger partial charge >= 0.3 is 0 Å². The molecule has 1 amide bonds. The molecule has 4 rings (SSSR count). The number of pyridine rings is 1. The zero-order valence-corrected chi connectivity index (χ0v) is 14.3. The second-order valence-electron chi connectivity index (χ2n) is 6.96. The molecule has 3 heterocycles. The van der Waals surface area contributed by atoms with Crippen LogP contribution >= 0.6 is 0 Å². The van der Waals surface area contributed by atoms with Gasteiger partial charge in [-0.25, -0.2) is 4.98 Å². The minimum absolute atomic E-state index is 0.0596. The van der Waals surface area contributed by atoms with Gasteiger partial charge in [-0.3, -0.25) is 9.69 Å². The number of nitrogens with zero attached hydrogens (tertiary/aromatic N) is 2. The number of carbonyl (C=O) groups is 1. The minimum atomic E-state index is 0.0596. The summed E-state index contributed by atoms with van der Waals surface area (Å²) in [7, 11) is 0. The lowest BCUT2D eigenvalue weighted by molar-refractivity contribution is -0.118. The van der Waals surface area contributed by atoms with E-state index >= 15 is 0 Å². The molecule has 2 aromatic rings. The molecule has 25 heavy (non-hydrogen) atoms. The van der Waals surface area contributed by atoms with Gasteiger partial charge in [0, 0.05) is 17.8 Å². The van der Waals surface area contributed by atoms with E-state index in [4.69, 9.17) is 0 Å². The first-order valence-corrected chi connectivity index (χ1v) is 9.12. The summed E-state index contributed by atoms with van der Waals surface area (Å²) in [5.41, 5.74) is 1.74. The number of benzene rings is 1. The maximum Gasteiger partial charge on any atom is 0.238 e. The second kappa shape index (κ2) is 7.23. The molecule has 0 radical (unpaired) electrons. The van der Waals surface area contributed by atoms with Gasteiger partial charge in [0.15, 0.2) is 0 Å². The highest BCUT2D eigenvalue weighted by Crippen LogP contribution is 2.35. The Bertz CT molecular complexity index is 700. The molecule has 2 atom stereocenters. The number of hydrogen-bond acceptors (Lipinski definition) is 4. The van der Waals surface area contributed by atoms with E-state index in [0.717, 1.165) is 17.2 Å². The fourth-order valence-electron chi connectivity index (χ4n) is 4.06. The van der Waals surface area contributed by atoms with E-state index in [1.54, 1.807) is 6.20 Å². The van der Waals surface area contributed by atoms with Crippen LogP contribution in [0.15, 0.2) is 48.7 Å². The van der Waals surface area contributed by atoms with Crippen LogP contribution in [0, 0.1) is 0 Å². The quantitative estimate of drug-likeness (QED) is 0.872. The number of anilines is 3. The molecule has 5 heteroatoms. The molecule has 0 spiro atoms. The van der Waals surface area contributed by atoms with Crippen LogP contribution in [0.1, 0.15) is 32.1 Å². The summed E-state index contributed by atoms with van der Waals surface area (Å²) in [5, 5.41) is 6.22. The van der Waals surface area contributed by atoms with Gasteiger partial charge in [0.1, 0.15) is 5.82 Å². The van der Waals surface area contributed by atoms with Crippen LogP contribution in [0.3, 0.4) is 0 Å². The van der Waals surface area contributed by atoms with Gasteiger partial charge in [-0.05, 0) is 49.9 Å². The summed E-state index contributed by atoms with van der Waals surface area (Å²) < 4.78 is 0. The van der Waals surface area contributed by atoms with Gasteiger partial charge in [0.2, 0.25) is 5.91 Å². The van der Waals surface area contributed by atoms with Gasteiger partial charge in [-0.15, -0.1) is 0 Å². The summed E-state index contributed by atoms with van der Waals surface area (Å²) >= 11 is 0. The van der Waals surface area contributed by atoms with Gasteiger partial charge in [0.25, 0.3) is 0 Å². The van der Waals surface area contributed by atoms with Crippen molar-refractivity contribution in [1.29, 1.82) is 0 Å². The van der Waals surface area contributed by atoms with Crippen molar-refractivity contribution in [3.05, 3.63) is 48.7 Å². The summed E-state index contributed by atoms with van der Waals surface area (Å²) in [6.45, 7) is 0.499. The Morgan fingerprint density at radius 2 is 1.76 bits per heavy atom. The van der Waals surface area contributed by atoms with E-state index in [1.165, 1.54) is 32.1 Å². The van der Waals surface area contributed by atoms with Gasteiger partial charge in [-0.2, -0.15) is 0 Å². The normalized spacial score (nSPS) is 22.6. The lowest BCUT2D eigenvalue weighted by Gasteiger charge is -2.33. The van der Waals surface area contributed by atoms with E-state index in [1.807, 2.05) is 42.5 Å². The number of nitrogens with one attached hydrogen (secondary N) is 2. The van der Waals surface area contributed by atoms with Crippen LogP contribution in [-0.2, 0) is 4.79 Å². The van der Waals surface area contributed by atoms with Crippen molar-refractivity contribution in [2.45, 2.75) is 44.2 Å². The number of piperidine rings is 1. The molecule has 0 aliphatic carbocycles. The van der Waals surface area contributed by atoms with Crippen molar-refractivity contribution >= 4 is 23.1 Å². The molecule has 5 nitrogen and oxygen atoms in total. The van der Waals surface area contributed by atoms with E-state index in [2.05, 4.69) is 20.5 Å². The topological polar surface area (TPSA) is 57.3 Å². The monoisotopic (exact) mass is 336 g/mol. The third-order valence-electron chi connectivity index (χ3n) is 5.27. The van der Waals surface area contributed by atoms with Crippen LogP contribution < -0.4 is 10.6 Å². The molecule has 2 aliphatic rings. The highest BCUT2D eigenvalue weighted by atomic mass is 16.2. The number of aromatic nitrogens is 1. The Labute approximate surface area is 148 Å². The molecule has 2 bridgehead atoms. The van der Waals surface area contributed by atoms with Gasteiger partial charge in [-0.1, -0.05) is 24.6 Å². The highest BCUT2D eigenvalue weighted by Gasteiger charge is 2.37. The first kappa shape index (κ1) is 16.1. The Morgan fingerprint density at radius 1 is 1.00 bits per heavy atom. The molecule has 2 saturated heterocycles. The predicted octanol–water partition coefficient (Wildman–Crippen LogP) is 3.78. The zero-order valence-electron chi connectivity index (χ0n) is 14.3. The molecule has 1 aromatic carbocycles. The average molecular weight is 336 g/mol. The first-order chi connectivity index (χ1) is 12.3. The fourth-order valence-corrected chi connectivity index (χ4v) is 4.06. The third kappa shape index (κ3) is 3.82. The molecule has 2 N–H and O–H groups in total. The van der Waals surface area contributed by atoms with Crippen molar-refractivity contribution in [2.24, 2.45) is 0 Å². The van der Waals surface area contributed by atoms with Crippen LogP contribution in [0.2, 0.25) is 0 Å². The molecule has 2 unspecified atom stereocenters. The molecule has 130 valence electrons. The Kier molecular flexibility index (Phi) is 4.65. The lowest BCUT2D eigenvalue weighted by Crippen LogP contribution is -2.44. The summed E-state index contributed by atoms with van der Waals surface area (Å²) in [5.74, 6) is 0.822. The smallest absolute Gasteiger partial charge is 0.238 e.